The Labute approximate surface area is 152 Å². The van der Waals surface area contributed by atoms with Crippen molar-refractivity contribution >= 4 is 31.7 Å². The highest BCUT2D eigenvalue weighted by molar-refractivity contribution is 7.92. The van der Waals surface area contributed by atoms with Crippen molar-refractivity contribution in [2.75, 3.05) is 18.8 Å². The van der Waals surface area contributed by atoms with E-state index in [1.807, 2.05) is 0 Å². The monoisotopic (exact) mass is 398 g/mol. The first-order valence-corrected chi connectivity index (χ1v) is 10.3. The molecule has 0 bridgehead atoms. The zero-order valence-electron chi connectivity index (χ0n) is 14.3. The van der Waals surface area contributed by atoms with Gasteiger partial charge in [-0.25, -0.2) is 25.9 Å². The van der Waals surface area contributed by atoms with Gasteiger partial charge in [-0.1, -0.05) is 12.1 Å². The predicted octanol–water partition coefficient (Wildman–Crippen LogP) is 1.74. The molecule has 2 rings (SSSR count). The summed E-state index contributed by atoms with van der Waals surface area (Å²) in [5.41, 5.74) is 0.433. The lowest BCUT2D eigenvalue weighted by Crippen LogP contribution is -2.22. The molecule has 2 aromatic carbocycles. The number of nitrogens with zero attached hydrogens (tertiary/aromatic N) is 1. The molecule has 0 saturated carbocycles. The molecule has 0 spiro atoms. The molecule has 0 aliphatic rings. The van der Waals surface area contributed by atoms with Crippen LogP contribution in [0, 0.1) is 6.92 Å². The fourth-order valence-electron chi connectivity index (χ4n) is 2.08. The lowest BCUT2D eigenvalue weighted by Gasteiger charge is -2.15. The fraction of sp³-hybridized carbons (Fsp3) is 0.188. The van der Waals surface area contributed by atoms with Crippen LogP contribution < -0.4 is 4.72 Å². The van der Waals surface area contributed by atoms with Gasteiger partial charge in [-0.3, -0.25) is 4.72 Å². The number of anilines is 1. The molecule has 10 heteroatoms. The first-order valence-electron chi connectivity index (χ1n) is 7.34. The number of hydrogen-bond acceptors (Lipinski definition) is 5. The van der Waals surface area contributed by atoms with Crippen molar-refractivity contribution in [3.63, 3.8) is 0 Å². The number of rotatable bonds is 6. The highest BCUT2D eigenvalue weighted by Crippen LogP contribution is 2.25. The van der Waals surface area contributed by atoms with Gasteiger partial charge < -0.3 is 5.11 Å². The molecule has 0 aromatic heterocycles. The predicted molar refractivity (Wildman–Crippen MR) is 96.3 cm³/mol. The Morgan fingerprint density at radius 3 is 2.23 bits per heavy atom. The first kappa shape index (κ1) is 19.9. The molecule has 0 amide bonds. The van der Waals surface area contributed by atoms with Crippen molar-refractivity contribution in [3.05, 3.63) is 53.6 Å². The van der Waals surface area contributed by atoms with E-state index in [0.29, 0.717) is 5.56 Å². The molecule has 2 aromatic rings. The Hall–Kier alpha value is -2.43. The fourth-order valence-corrected chi connectivity index (χ4v) is 4.18. The molecule has 0 atom stereocenters. The van der Waals surface area contributed by atoms with Crippen molar-refractivity contribution in [1.82, 2.24) is 4.31 Å². The van der Waals surface area contributed by atoms with E-state index < -0.39 is 26.0 Å². The number of nitrogens with one attached hydrogen (secondary N) is 1. The van der Waals surface area contributed by atoms with Gasteiger partial charge in [0.25, 0.3) is 10.0 Å². The Kier molecular flexibility index (Phi) is 5.40. The van der Waals surface area contributed by atoms with Crippen LogP contribution in [0.2, 0.25) is 0 Å². The van der Waals surface area contributed by atoms with Gasteiger partial charge in [-0.2, -0.15) is 0 Å². The van der Waals surface area contributed by atoms with Crippen molar-refractivity contribution in [2.24, 2.45) is 0 Å². The van der Waals surface area contributed by atoms with Crippen LogP contribution in [0.4, 0.5) is 5.69 Å². The van der Waals surface area contributed by atoms with E-state index in [1.54, 1.807) is 6.92 Å². The SMILES string of the molecule is Cc1ccc(S(=O)(=O)N(C)C)cc1NS(=O)(=O)c1cccc(C(=O)O)c1. The van der Waals surface area contributed by atoms with Crippen LogP contribution in [0.25, 0.3) is 0 Å². The van der Waals surface area contributed by atoms with Crippen LogP contribution >= 0.6 is 0 Å². The third-order valence-corrected chi connectivity index (χ3v) is 6.80. The summed E-state index contributed by atoms with van der Waals surface area (Å²) in [6.45, 7) is 1.62. The summed E-state index contributed by atoms with van der Waals surface area (Å²) < 4.78 is 52.9. The van der Waals surface area contributed by atoms with Gasteiger partial charge in [-0.05, 0) is 42.8 Å². The summed E-state index contributed by atoms with van der Waals surface area (Å²) in [5, 5.41) is 9.00. The molecule has 0 heterocycles. The lowest BCUT2D eigenvalue weighted by atomic mass is 10.2. The van der Waals surface area contributed by atoms with Crippen molar-refractivity contribution in [1.29, 1.82) is 0 Å². The van der Waals surface area contributed by atoms with E-state index in [0.717, 1.165) is 10.4 Å². The van der Waals surface area contributed by atoms with E-state index in [-0.39, 0.29) is 21.0 Å². The van der Waals surface area contributed by atoms with Gasteiger partial charge in [0.1, 0.15) is 0 Å². The molecular formula is C16H18N2O6S2. The minimum Gasteiger partial charge on any atom is -0.478 e. The van der Waals surface area contributed by atoms with Crippen LogP contribution in [0.1, 0.15) is 15.9 Å². The van der Waals surface area contributed by atoms with E-state index in [9.17, 15) is 21.6 Å². The van der Waals surface area contributed by atoms with Gasteiger partial charge in [0.15, 0.2) is 0 Å². The maximum Gasteiger partial charge on any atom is 0.335 e. The Bertz CT molecular complexity index is 1060. The topological polar surface area (TPSA) is 121 Å². The molecule has 0 aliphatic heterocycles. The van der Waals surface area contributed by atoms with Gasteiger partial charge in [-0.15, -0.1) is 0 Å². The van der Waals surface area contributed by atoms with Crippen molar-refractivity contribution in [2.45, 2.75) is 16.7 Å². The third-order valence-electron chi connectivity index (χ3n) is 3.62. The van der Waals surface area contributed by atoms with Gasteiger partial charge in [0.05, 0.1) is 21.0 Å². The lowest BCUT2D eigenvalue weighted by molar-refractivity contribution is 0.0696. The van der Waals surface area contributed by atoms with Crippen LogP contribution in [-0.4, -0.2) is 46.3 Å². The maximum absolute atomic E-state index is 12.6. The van der Waals surface area contributed by atoms with Crippen LogP contribution in [0.15, 0.2) is 52.3 Å². The second-order valence-corrected chi connectivity index (χ2v) is 9.54. The quantitative estimate of drug-likeness (QED) is 0.765. The Balaban J connectivity index is 2.47. The second-order valence-electron chi connectivity index (χ2n) is 5.70. The highest BCUT2D eigenvalue weighted by Gasteiger charge is 2.21. The molecule has 0 radical (unpaired) electrons. The summed E-state index contributed by atoms with van der Waals surface area (Å²) in [6.07, 6.45) is 0. The molecule has 0 unspecified atom stereocenters. The Morgan fingerprint density at radius 2 is 1.65 bits per heavy atom. The minimum absolute atomic E-state index is 0.0647. The Morgan fingerprint density at radius 1 is 1.00 bits per heavy atom. The molecule has 0 saturated heterocycles. The van der Waals surface area contributed by atoms with E-state index in [2.05, 4.69) is 4.72 Å². The number of sulfonamides is 2. The van der Waals surface area contributed by atoms with Crippen molar-refractivity contribution < 1.29 is 26.7 Å². The zero-order valence-corrected chi connectivity index (χ0v) is 15.9. The van der Waals surface area contributed by atoms with Crippen LogP contribution in [0.3, 0.4) is 0 Å². The molecular weight excluding hydrogens is 380 g/mol. The highest BCUT2D eigenvalue weighted by atomic mass is 32.2. The number of hydrogen-bond donors (Lipinski definition) is 2. The summed E-state index contributed by atoms with van der Waals surface area (Å²) in [7, 11) is -5.09. The molecule has 8 nitrogen and oxygen atoms in total. The molecule has 26 heavy (non-hydrogen) atoms. The minimum atomic E-state index is -4.10. The summed E-state index contributed by atoms with van der Waals surface area (Å²) in [4.78, 5) is 10.7. The smallest absolute Gasteiger partial charge is 0.335 e. The molecule has 140 valence electrons. The van der Waals surface area contributed by atoms with Crippen LogP contribution in [0.5, 0.6) is 0 Å². The van der Waals surface area contributed by atoms with Gasteiger partial charge >= 0.3 is 5.97 Å². The number of carbonyl (C=O) groups is 1. The molecule has 0 fully saturated rings. The van der Waals surface area contributed by atoms with E-state index >= 15 is 0 Å². The van der Waals surface area contributed by atoms with E-state index in [1.165, 1.54) is 50.5 Å². The number of carboxylic acids is 1. The second kappa shape index (κ2) is 7.06. The van der Waals surface area contributed by atoms with Gasteiger partial charge in [0, 0.05) is 14.1 Å². The number of aromatic carboxylic acids is 1. The normalized spacial score (nSPS) is 12.2. The number of carboxylic acid groups (broad SMARTS) is 1. The standard InChI is InChI=1S/C16H18N2O6S2/c1-11-7-8-14(26(23,24)18(2)3)10-15(11)17-25(21,22)13-6-4-5-12(9-13)16(19)20/h4-10,17H,1-3H3,(H,19,20). The van der Waals surface area contributed by atoms with E-state index in [4.69, 9.17) is 5.11 Å². The largest absolute Gasteiger partial charge is 0.478 e. The van der Waals surface area contributed by atoms with Crippen molar-refractivity contribution in [3.8, 4) is 0 Å². The average molecular weight is 398 g/mol. The van der Waals surface area contributed by atoms with Crippen LogP contribution in [-0.2, 0) is 20.0 Å². The third kappa shape index (κ3) is 4.03. The maximum atomic E-state index is 12.6. The summed E-state index contributed by atoms with van der Waals surface area (Å²) in [6, 6.07) is 8.97. The number of benzene rings is 2. The average Bonchev–Trinajstić information content (AvgIpc) is 2.56. The summed E-state index contributed by atoms with van der Waals surface area (Å²) in [5.74, 6) is -1.25. The number of aryl methyl sites for hydroxylation is 1. The van der Waals surface area contributed by atoms with Gasteiger partial charge in [0.2, 0.25) is 10.0 Å². The zero-order chi connectivity index (χ0) is 19.7. The molecule has 0 aliphatic carbocycles. The molecule has 2 N–H and O–H groups in total. The first-order chi connectivity index (χ1) is 11.9. The summed E-state index contributed by atoms with van der Waals surface area (Å²) >= 11 is 0.